The Kier molecular flexibility index (Phi) is 5.09. The molecule has 1 aliphatic rings. The van der Waals surface area contributed by atoms with E-state index in [0.717, 1.165) is 12.8 Å². The molecule has 1 aromatic rings. The third-order valence-electron chi connectivity index (χ3n) is 3.84. The van der Waals surface area contributed by atoms with Crippen molar-refractivity contribution in [2.24, 2.45) is 0 Å². The van der Waals surface area contributed by atoms with E-state index in [-0.39, 0.29) is 12.1 Å². The molecule has 0 aromatic carbocycles. The number of nitrogens with zero attached hydrogens (tertiary/aromatic N) is 4. The van der Waals surface area contributed by atoms with Crippen LogP contribution in [0.3, 0.4) is 0 Å². The average Bonchev–Trinajstić information content (AvgIpc) is 2.52. The first-order valence-corrected chi connectivity index (χ1v) is 7.87. The lowest BCUT2D eigenvalue weighted by atomic mass is 10.0. The highest BCUT2D eigenvalue weighted by Crippen LogP contribution is 2.23. The summed E-state index contributed by atoms with van der Waals surface area (Å²) < 4.78 is 5.46. The Balaban J connectivity index is 2.09. The Morgan fingerprint density at radius 3 is 2.91 bits per heavy atom. The molecule has 0 unspecified atom stereocenters. The topological polar surface area (TPSA) is 69.5 Å². The maximum absolute atomic E-state index is 12.3. The summed E-state index contributed by atoms with van der Waals surface area (Å²) in [4.78, 5) is 20.3. The molecule has 1 amide bonds. The molecular formula is C17H24N4O2. The minimum Gasteiger partial charge on any atom is -0.444 e. The van der Waals surface area contributed by atoms with Crippen LogP contribution in [0.1, 0.15) is 39.2 Å². The number of carbonyl (C=O) groups excluding carboxylic acids is 1. The molecule has 0 aliphatic carbocycles. The number of nitriles is 1. The molecule has 1 atom stereocenters. The zero-order chi connectivity index (χ0) is 17.0. The van der Waals surface area contributed by atoms with Gasteiger partial charge in [-0.15, -0.1) is 0 Å². The van der Waals surface area contributed by atoms with Crippen LogP contribution in [0.2, 0.25) is 0 Å². The van der Waals surface area contributed by atoms with Gasteiger partial charge in [-0.1, -0.05) is 0 Å². The number of pyridine rings is 1. The van der Waals surface area contributed by atoms with Crippen LogP contribution in [0.4, 0.5) is 10.6 Å². The van der Waals surface area contributed by atoms with Gasteiger partial charge in [-0.25, -0.2) is 9.78 Å². The van der Waals surface area contributed by atoms with Gasteiger partial charge in [0.2, 0.25) is 0 Å². The zero-order valence-corrected chi connectivity index (χ0v) is 14.2. The number of hydrogen-bond acceptors (Lipinski definition) is 5. The van der Waals surface area contributed by atoms with Crippen LogP contribution in [0.25, 0.3) is 0 Å². The molecule has 6 heteroatoms. The third-order valence-corrected chi connectivity index (χ3v) is 3.84. The van der Waals surface area contributed by atoms with Crippen LogP contribution in [-0.4, -0.2) is 47.8 Å². The van der Waals surface area contributed by atoms with Gasteiger partial charge < -0.3 is 14.5 Å². The van der Waals surface area contributed by atoms with E-state index in [0.29, 0.717) is 24.5 Å². The molecule has 1 aliphatic heterocycles. The number of rotatable bonds is 2. The normalized spacial score (nSPS) is 18.2. The van der Waals surface area contributed by atoms with Crippen LogP contribution < -0.4 is 4.90 Å². The number of aromatic nitrogens is 1. The number of carbonyl (C=O) groups is 1. The van der Waals surface area contributed by atoms with Crippen molar-refractivity contribution in [3.63, 3.8) is 0 Å². The number of amides is 1. The molecule has 124 valence electrons. The first-order valence-electron chi connectivity index (χ1n) is 7.87. The molecule has 1 fully saturated rings. The Hall–Kier alpha value is -2.29. The van der Waals surface area contributed by atoms with Crippen molar-refractivity contribution in [3.05, 3.63) is 23.9 Å². The first-order chi connectivity index (χ1) is 10.8. The first kappa shape index (κ1) is 17.1. The minimum atomic E-state index is -0.495. The maximum Gasteiger partial charge on any atom is 0.410 e. The molecule has 1 aromatic heterocycles. The highest BCUT2D eigenvalue weighted by molar-refractivity contribution is 5.68. The predicted octanol–water partition coefficient (Wildman–Crippen LogP) is 2.79. The van der Waals surface area contributed by atoms with Crippen molar-refractivity contribution in [1.82, 2.24) is 9.88 Å². The van der Waals surface area contributed by atoms with Crippen LogP contribution >= 0.6 is 0 Å². The minimum absolute atomic E-state index is 0.123. The van der Waals surface area contributed by atoms with Crippen molar-refractivity contribution in [2.75, 3.05) is 25.0 Å². The summed E-state index contributed by atoms with van der Waals surface area (Å²) in [5, 5.41) is 9.23. The highest BCUT2D eigenvalue weighted by Gasteiger charge is 2.30. The van der Waals surface area contributed by atoms with Crippen molar-refractivity contribution in [2.45, 2.75) is 45.3 Å². The lowest BCUT2D eigenvalue weighted by molar-refractivity contribution is 0.0199. The molecule has 2 heterocycles. The second-order valence-corrected chi connectivity index (χ2v) is 6.82. The summed E-state index contributed by atoms with van der Waals surface area (Å²) in [5.74, 6) is 0.658. The standard InChI is InChI=1S/C17H24N4O2/c1-17(2,3)23-16(22)21-10-6-8-14(12-21)20(4)15-13(11-18)7-5-9-19-15/h5,7,9,14H,6,8,10,12H2,1-4H3/t14-/m1/s1. The van der Waals surface area contributed by atoms with E-state index in [9.17, 15) is 10.1 Å². The summed E-state index contributed by atoms with van der Waals surface area (Å²) in [7, 11) is 1.92. The average molecular weight is 316 g/mol. The second-order valence-electron chi connectivity index (χ2n) is 6.82. The number of likely N-dealkylation sites (N-methyl/N-ethyl adjacent to an activating group) is 1. The number of likely N-dealkylation sites (tertiary alicyclic amines) is 1. The largest absolute Gasteiger partial charge is 0.444 e. The summed E-state index contributed by atoms with van der Waals surface area (Å²) in [6.45, 7) is 6.88. The van der Waals surface area contributed by atoms with Crippen LogP contribution in [0.15, 0.2) is 18.3 Å². The number of piperidine rings is 1. The summed E-state index contributed by atoms with van der Waals surface area (Å²) in [6, 6.07) is 5.81. The van der Waals surface area contributed by atoms with E-state index in [1.807, 2.05) is 32.7 Å². The van der Waals surface area contributed by atoms with Gasteiger partial charge in [-0.05, 0) is 45.7 Å². The van der Waals surface area contributed by atoms with Crippen molar-refractivity contribution in [3.8, 4) is 6.07 Å². The molecular weight excluding hydrogens is 292 g/mol. The third kappa shape index (κ3) is 4.35. The van der Waals surface area contributed by atoms with E-state index in [1.165, 1.54) is 0 Å². The van der Waals surface area contributed by atoms with E-state index < -0.39 is 5.60 Å². The number of ether oxygens (including phenoxy) is 1. The molecule has 6 nitrogen and oxygen atoms in total. The predicted molar refractivity (Wildman–Crippen MR) is 88.2 cm³/mol. The Morgan fingerprint density at radius 2 is 2.26 bits per heavy atom. The van der Waals surface area contributed by atoms with Crippen molar-refractivity contribution < 1.29 is 9.53 Å². The Labute approximate surface area is 137 Å². The van der Waals surface area contributed by atoms with Gasteiger partial charge in [0.05, 0.1) is 5.56 Å². The summed E-state index contributed by atoms with van der Waals surface area (Å²) >= 11 is 0. The van der Waals surface area contributed by atoms with E-state index in [1.54, 1.807) is 23.2 Å². The Morgan fingerprint density at radius 1 is 1.52 bits per heavy atom. The van der Waals surface area contributed by atoms with Crippen LogP contribution in [0, 0.1) is 11.3 Å². The van der Waals surface area contributed by atoms with E-state index in [4.69, 9.17) is 4.74 Å². The lowest BCUT2D eigenvalue weighted by Gasteiger charge is -2.38. The van der Waals surface area contributed by atoms with Gasteiger partial charge >= 0.3 is 6.09 Å². The molecule has 0 bridgehead atoms. The maximum atomic E-state index is 12.3. The Bertz CT molecular complexity index is 603. The highest BCUT2D eigenvalue weighted by atomic mass is 16.6. The van der Waals surface area contributed by atoms with E-state index >= 15 is 0 Å². The molecule has 23 heavy (non-hydrogen) atoms. The van der Waals surface area contributed by atoms with Crippen LogP contribution in [0.5, 0.6) is 0 Å². The zero-order valence-electron chi connectivity index (χ0n) is 14.2. The number of hydrogen-bond donors (Lipinski definition) is 0. The fourth-order valence-corrected chi connectivity index (χ4v) is 2.70. The molecule has 1 saturated heterocycles. The smallest absolute Gasteiger partial charge is 0.410 e. The van der Waals surface area contributed by atoms with Gasteiger partial charge in [-0.2, -0.15) is 5.26 Å². The fourth-order valence-electron chi connectivity index (χ4n) is 2.70. The monoisotopic (exact) mass is 316 g/mol. The molecule has 0 saturated carbocycles. The van der Waals surface area contributed by atoms with Gasteiger partial charge in [-0.3, -0.25) is 0 Å². The molecule has 2 rings (SSSR count). The quantitative estimate of drug-likeness (QED) is 0.839. The summed E-state index contributed by atoms with van der Waals surface area (Å²) in [6.07, 6.45) is 3.26. The van der Waals surface area contributed by atoms with Crippen molar-refractivity contribution in [1.29, 1.82) is 5.26 Å². The second kappa shape index (κ2) is 6.86. The van der Waals surface area contributed by atoms with Gasteiger partial charge in [0.1, 0.15) is 17.5 Å². The van der Waals surface area contributed by atoms with E-state index in [2.05, 4.69) is 11.1 Å². The van der Waals surface area contributed by atoms with Gasteiger partial charge in [0, 0.05) is 32.4 Å². The molecule has 0 radical (unpaired) electrons. The SMILES string of the molecule is CN(c1ncccc1C#N)[C@@H]1CCCN(C(=O)OC(C)(C)C)C1. The van der Waals surface area contributed by atoms with Gasteiger partial charge in [0.15, 0.2) is 0 Å². The van der Waals surface area contributed by atoms with Crippen molar-refractivity contribution >= 4 is 11.9 Å². The summed E-state index contributed by atoms with van der Waals surface area (Å²) in [5.41, 5.74) is 0.0506. The van der Waals surface area contributed by atoms with Gasteiger partial charge in [0.25, 0.3) is 0 Å². The lowest BCUT2D eigenvalue weighted by Crippen LogP contribution is -2.50. The molecule has 0 spiro atoms. The number of anilines is 1. The molecule has 0 N–H and O–H groups in total. The van der Waals surface area contributed by atoms with Crippen LogP contribution in [-0.2, 0) is 4.74 Å². The fraction of sp³-hybridized carbons (Fsp3) is 0.588.